The van der Waals surface area contributed by atoms with Crippen molar-refractivity contribution in [3.05, 3.63) is 217 Å². The molecule has 15 rings (SSSR count). The number of nitrogens with zero attached hydrogens (tertiary/aromatic N) is 3. The van der Waals surface area contributed by atoms with E-state index in [4.69, 9.17) is 14.4 Å². The molecule has 0 aliphatic carbocycles. The molecule has 0 bridgehead atoms. The molecule has 5 heterocycles. The lowest BCUT2D eigenvalue weighted by Gasteiger charge is -2.21. The summed E-state index contributed by atoms with van der Waals surface area (Å²) in [4.78, 5) is 11.8. The SMILES string of the molecule is CC1C/C=C(\c2cccc3sc4ccccc4c23)N=C(c2cccc3sc4ccccc4c23)N=C1c1cc(-n2c3ccccc3c3cc4ccccc4cc32)cc2oc3c4ccccc4ccc3c12. The van der Waals surface area contributed by atoms with E-state index in [-0.39, 0.29) is 5.92 Å². The Morgan fingerprint density at radius 3 is 1.86 bits per heavy atom. The fourth-order valence-corrected chi connectivity index (χ4v) is 13.5. The number of fused-ring (bicyclic) bond motifs is 15. The predicted molar refractivity (Wildman–Crippen MR) is 297 cm³/mol. The normalized spacial score (nSPS) is 15.6. The summed E-state index contributed by atoms with van der Waals surface area (Å²) >= 11 is 3.67. The van der Waals surface area contributed by atoms with Gasteiger partial charge in [0, 0.05) is 96.0 Å². The molecule has 1 aliphatic rings. The van der Waals surface area contributed by atoms with Gasteiger partial charge in [-0.15, -0.1) is 22.7 Å². The second kappa shape index (κ2) is 14.9. The first kappa shape index (κ1) is 38.9. The molecule has 10 aromatic carbocycles. The largest absolute Gasteiger partial charge is 0.455 e. The predicted octanol–water partition coefficient (Wildman–Crippen LogP) is 18.0. The van der Waals surface area contributed by atoms with Crippen molar-refractivity contribution in [2.45, 2.75) is 13.3 Å². The Morgan fingerprint density at radius 2 is 1.09 bits per heavy atom. The highest BCUT2D eigenvalue weighted by atomic mass is 32.1. The van der Waals surface area contributed by atoms with Crippen molar-refractivity contribution in [2.75, 3.05) is 0 Å². The monoisotopic (exact) mass is 917 g/mol. The van der Waals surface area contributed by atoms with E-state index in [1.165, 1.54) is 61.9 Å². The lowest BCUT2D eigenvalue weighted by Crippen LogP contribution is -2.18. The Bertz CT molecular complexity index is 4610. The number of para-hydroxylation sites is 1. The quantitative estimate of drug-likeness (QED) is 0.173. The summed E-state index contributed by atoms with van der Waals surface area (Å²) in [6.45, 7) is 2.33. The molecule has 324 valence electrons. The van der Waals surface area contributed by atoms with Gasteiger partial charge in [0.15, 0.2) is 5.84 Å². The van der Waals surface area contributed by atoms with E-state index >= 15 is 0 Å². The lowest BCUT2D eigenvalue weighted by atomic mass is 9.90. The zero-order chi connectivity index (χ0) is 45.3. The Labute approximate surface area is 404 Å². The van der Waals surface area contributed by atoms with Gasteiger partial charge in [-0.3, -0.25) is 0 Å². The van der Waals surface area contributed by atoms with Crippen molar-refractivity contribution in [2.24, 2.45) is 15.9 Å². The van der Waals surface area contributed by atoms with Crippen LogP contribution in [0.1, 0.15) is 30.0 Å². The number of hydrogen-bond donors (Lipinski definition) is 0. The number of amidine groups is 1. The molecular formula is C63H39N3OS2. The summed E-state index contributed by atoms with van der Waals surface area (Å²) in [7, 11) is 0. The second-order valence-electron chi connectivity index (χ2n) is 18.4. The minimum absolute atomic E-state index is 0.00621. The molecule has 4 nitrogen and oxygen atoms in total. The van der Waals surface area contributed by atoms with E-state index < -0.39 is 0 Å². The first-order chi connectivity index (χ1) is 34.1. The first-order valence-electron chi connectivity index (χ1n) is 23.6. The smallest absolute Gasteiger partial charge is 0.160 e. The molecule has 0 saturated heterocycles. The number of benzene rings is 10. The van der Waals surface area contributed by atoms with Gasteiger partial charge < -0.3 is 8.98 Å². The molecule has 0 radical (unpaired) electrons. The van der Waals surface area contributed by atoms with Gasteiger partial charge in [0.2, 0.25) is 0 Å². The number of hydrogen-bond acceptors (Lipinski definition) is 5. The van der Waals surface area contributed by atoms with Crippen molar-refractivity contribution >= 4 is 146 Å². The van der Waals surface area contributed by atoms with Crippen LogP contribution < -0.4 is 0 Å². The number of rotatable bonds is 4. The van der Waals surface area contributed by atoms with Crippen LogP contribution in [0.3, 0.4) is 0 Å². The fraction of sp³-hybridized carbons (Fsp3) is 0.0476. The van der Waals surface area contributed by atoms with Gasteiger partial charge in [-0.2, -0.15) is 0 Å². The maximum absolute atomic E-state index is 7.16. The van der Waals surface area contributed by atoms with E-state index in [0.717, 1.165) is 84.0 Å². The highest BCUT2D eigenvalue weighted by Gasteiger charge is 2.27. The van der Waals surface area contributed by atoms with Crippen LogP contribution in [-0.4, -0.2) is 16.1 Å². The van der Waals surface area contributed by atoms with E-state index in [9.17, 15) is 0 Å². The molecule has 0 fully saturated rings. The molecular weight excluding hydrogens is 879 g/mol. The van der Waals surface area contributed by atoms with Crippen molar-refractivity contribution < 1.29 is 4.42 Å². The van der Waals surface area contributed by atoms with E-state index in [2.05, 4.69) is 212 Å². The minimum Gasteiger partial charge on any atom is -0.455 e. The molecule has 0 saturated carbocycles. The molecule has 4 aromatic heterocycles. The Hall–Kier alpha value is -8.16. The van der Waals surface area contributed by atoms with Crippen molar-refractivity contribution in [3.8, 4) is 5.69 Å². The summed E-state index contributed by atoms with van der Waals surface area (Å²) in [5, 5.41) is 14.1. The summed E-state index contributed by atoms with van der Waals surface area (Å²) in [6, 6.07) is 70.6. The molecule has 0 N–H and O–H groups in total. The average Bonchev–Trinajstić information content (AvgIpc) is 4.16. The Kier molecular flexibility index (Phi) is 8.41. The molecule has 14 aromatic rings. The topological polar surface area (TPSA) is 42.8 Å². The van der Waals surface area contributed by atoms with Crippen molar-refractivity contribution in [1.29, 1.82) is 0 Å². The Morgan fingerprint density at radius 1 is 0.464 bits per heavy atom. The van der Waals surface area contributed by atoms with Gasteiger partial charge in [-0.25, -0.2) is 9.98 Å². The molecule has 1 atom stereocenters. The van der Waals surface area contributed by atoms with Crippen LogP contribution >= 0.6 is 22.7 Å². The van der Waals surface area contributed by atoms with Crippen LogP contribution in [0.4, 0.5) is 0 Å². The van der Waals surface area contributed by atoms with Crippen LogP contribution in [0.15, 0.2) is 215 Å². The van der Waals surface area contributed by atoms with Crippen molar-refractivity contribution in [1.82, 2.24) is 4.57 Å². The van der Waals surface area contributed by atoms with Crippen LogP contribution in [0, 0.1) is 5.92 Å². The van der Waals surface area contributed by atoms with E-state index in [1.807, 2.05) is 22.7 Å². The zero-order valence-electron chi connectivity index (χ0n) is 37.4. The zero-order valence-corrected chi connectivity index (χ0v) is 39.0. The van der Waals surface area contributed by atoms with Crippen LogP contribution in [-0.2, 0) is 0 Å². The van der Waals surface area contributed by atoms with Crippen LogP contribution in [0.25, 0.3) is 117 Å². The number of furan rings is 1. The fourth-order valence-electron chi connectivity index (χ4n) is 11.3. The number of aromatic nitrogens is 1. The highest BCUT2D eigenvalue weighted by molar-refractivity contribution is 7.26. The lowest BCUT2D eigenvalue weighted by molar-refractivity contribution is 0.672. The third-order valence-electron chi connectivity index (χ3n) is 14.4. The van der Waals surface area contributed by atoms with Gasteiger partial charge in [0.05, 0.1) is 28.1 Å². The van der Waals surface area contributed by atoms with Gasteiger partial charge in [-0.05, 0) is 77.2 Å². The van der Waals surface area contributed by atoms with E-state index in [1.54, 1.807) is 0 Å². The molecule has 0 spiro atoms. The third-order valence-corrected chi connectivity index (χ3v) is 16.7. The molecule has 69 heavy (non-hydrogen) atoms. The first-order valence-corrected chi connectivity index (χ1v) is 25.2. The van der Waals surface area contributed by atoms with Gasteiger partial charge in [0.25, 0.3) is 0 Å². The summed E-state index contributed by atoms with van der Waals surface area (Å²) in [6.07, 6.45) is 3.10. The average molecular weight is 918 g/mol. The third kappa shape index (κ3) is 5.86. The van der Waals surface area contributed by atoms with Crippen LogP contribution in [0.5, 0.6) is 0 Å². The van der Waals surface area contributed by atoms with Crippen molar-refractivity contribution in [3.63, 3.8) is 0 Å². The summed E-state index contributed by atoms with van der Waals surface area (Å²) in [5.41, 5.74) is 10.2. The number of allylic oxidation sites excluding steroid dienone is 1. The number of thiophene rings is 2. The molecule has 1 aliphatic heterocycles. The highest BCUT2D eigenvalue weighted by Crippen LogP contribution is 2.44. The molecule has 0 amide bonds. The van der Waals surface area contributed by atoms with Crippen LogP contribution in [0.2, 0.25) is 0 Å². The van der Waals surface area contributed by atoms with Gasteiger partial charge in [-0.1, -0.05) is 146 Å². The maximum Gasteiger partial charge on any atom is 0.160 e. The minimum atomic E-state index is -0.00621. The van der Waals surface area contributed by atoms with Gasteiger partial charge >= 0.3 is 0 Å². The standard InChI is InChI=1S/C63H39N3OS2/c1-36-28-31-50(43-21-12-26-56-59(43)44-19-7-10-24-54(44)68-56)64-63(47-22-13-27-57-60(47)45-20-8-11-25-55(45)69-57)65-61(36)49-34-40(35-53-58(49)46-30-29-37-14-4-5-17-41(37)62(46)67-53)66-51-23-9-6-18-42(51)48-32-38-15-2-3-16-39(38)33-52(48)66/h2-27,29-36H,28H2,1H3/b50-31+,64-63?,65-61?. The van der Waals surface area contributed by atoms with E-state index in [0.29, 0.717) is 5.84 Å². The number of aliphatic imine (C=N–C) groups is 2. The maximum atomic E-state index is 7.16. The van der Waals surface area contributed by atoms with Gasteiger partial charge in [0.1, 0.15) is 11.2 Å². The second-order valence-corrected chi connectivity index (χ2v) is 20.6. The Balaban J connectivity index is 1.05. The molecule has 1 unspecified atom stereocenters. The molecule has 6 heteroatoms. The summed E-state index contributed by atoms with van der Waals surface area (Å²) in [5.74, 6) is 0.696. The summed E-state index contributed by atoms with van der Waals surface area (Å²) < 4.78 is 14.6.